The highest BCUT2D eigenvalue weighted by Gasteiger charge is 2.21. The molecule has 0 heterocycles. The Hall–Kier alpha value is -0.880. The summed E-state index contributed by atoms with van der Waals surface area (Å²) in [7, 11) is -3.99. The molecule has 5 nitrogen and oxygen atoms in total. The van der Waals surface area contributed by atoms with E-state index >= 15 is 0 Å². The van der Waals surface area contributed by atoms with E-state index in [0.717, 1.165) is 38.5 Å². The Labute approximate surface area is 147 Å². The number of carboxylic acids is 1. The Morgan fingerprint density at radius 1 is 0.917 bits per heavy atom. The SMILES string of the molecule is CCCCCC=CCCC(CCCCCCCC(=O)O)S(=O)(=O)O. The zero-order valence-corrected chi connectivity index (χ0v) is 15.8. The first kappa shape index (κ1) is 23.1. The number of carbonyl (C=O) groups is 1. The lowest BCUT2D eigenvalue weighted by Crippen LogP contribution is -2.20. The van der Waals surface area contributed by atoms with Crippen molar-refractivity contribution in [1.29, 1.82) is 0 Å². The summed E-state index contributed by atoms with van der Waals surface area (Å²) in [4.78, 5) is 10.4. The van der Waals surface area contributed by atoms with Crippen molar-refractivity contribution in [3.63, 3.8) is 0 Å². The molecule has 0 saturated carbocycles. The van der Waals surface area contributed by atoms with Gasteiger partial charge in [0, 0.05) is 6.42 Å². The Morgan fingerprint density at radius 3 is 2.17 bits per heavy atom. The maximum Gasteiger partial charge on any atom is 0.303 e. The molecule has 24 heavy (non-hydrogen) atoms. The van der Waals surface area contributed by atoms with Gasteiger partial charge in [-0.25, -0.2) is 0 Å². The van der Waals surface area contributed by atoms with Gasteiger partial charge in [-0.1, -0.05) is 57.6 Å². The average molecular weight is 363 g/mol. The maximum atomic E-state index is 11.4. The molecule has 0 fully saturated rings. The van der Waals surface area contributed by atoms with E-state index < -0.39 is 21.3 Å². The summed E-state index contributed by atoms with van der Waals surface area (Å²) < 4.78 is 32.2. The molecule has 142 valence electrons. The van der Waals surface area contributed by atoms with Crippen LogP contribution in [0.1, 0.15) is 90.4 Å². The molecule has 0 aliphatic carbocycles. The number of rotatable bonds is 16. The third-order valence-electron chi connectivity index (χ3n) is 4.13. The normalized spacial score (nSPS) is 13.4. The van der Waals surface area contributed by atoms with Crippen molar-refractivity contribution in [1.82, 2.24) is 0 Å². The predicted octanol–water partition coefficient (Wildman–Crippen LogP) is 4.97. The van der Waals surface area contributed by atoms with Gasteiger partial charge in [-0.15, -0.1) is 0 Å². The minimum absolute atomic E-state index is 0.193. The zero-order valence-electron chi connectivity index (χ0n) is 15.0. The number of carboxylic acid groups (broad SMARTS) is 1. The van der Waals surface area contributed by atoms with E-state index in [1.807, 2.05) is 6.08 Å². The smallest absolute Gasteiger partial charge is 0.303 e. The standard InChI is InChI=1S/C18H34O5S/c1-2-3-4-5-6-8-11-14-17(24(21,22)23)15-12-9-7-10-13-16-18(19)20/h6,8,17H,2-5,7,9-16H2,1H3,(H,19,20)(H,21,22,23). The number of hydrogen-bond donors (Lipinski definition) is 2. The van der Waals surface area contributed by atoms with Crippen molar-refractivity contribution < 1.29 is 22.9 Å². The van der Waals surface area contributed by atoms with E-state index in [4.69, 9.17) is 5.11 Å². The van der Waals surface area contributed by atoms with Gasteiger partial charge in [0.25, 0.3) is 10.1 Å². The lowest BCUT2D eigenvalue weighted by Gasteiger charge is -2.12. The van der Waals surface area contributed by atoms with Crippen LogP contribution in [0.15, 0.2) is 12.2 Å². The van der Waals surface area contributed by atoms with E-state index in [1.54, 1.807) is 0 Å². The lowest BCUT2D eigenvalue weighted by molar-refractivity contribution is -0.137. The van der Waals surface area contributed by atoms with Crippen LogP contribution in [-0.4, -0.2) is 29.3 Å². The molecule has 0 spiro atoms. The second-order valence-corrected chi connectivity index (χ2v) is 8.08. The van der Waals surface area contributed by atoms with Crippen LogP contribution in [0.2, 0.25) is 0 Å². The molecule has 0 rings (SSSR count). The second kappa shape index (κ2) is 14.5. The minimum Gasteiger partial charge on any atom is -0.481 e. The predicted molar refractivity (Wildman–Crippen MR) is 97.8 cm³/mol. The zero-order chi connectivity index (χ0) is 18.3. The summed E-state index contributed by atoms with van der Waals surface area (Å²) in [6, 6.07) is 0. The van der Waals surface area contributed by atoms with Gasteiger partial charge in [0.05, 0.1) is 5.25 Å². The van der Waals surface area contributed by atoms with E-state index in [-0.39, 0.29) is 6.42 Å². The van der Waals surface area contributed by atoms with Crippen molar-refractivity contribution >= 4 is 16.1 Å². The molecular formula is C18H34O5S. The number of unbranched alkanes of at least 4 members (excludes halogenated alkanes) is 7. The van der Waals surface area contributed by atoms with Gasteiger partial charge < -0.3 is 5.11 Å². The largest absolute Gasteiger partial charge is 0.481 e. The summed E-state index contributed by atoms with van der Waals surface area (Å²) in [6.07, 6.45) is 14.6. The Morgan fingerprint density at radius 2 is 1.54 bits per heavy atom. The van der Waals surface area contributed by atoms with Gasteiger partial charge >= 0.3 is 5.97 Å². The summed E-state index contributed by atoms with van der Waals surface area (Å²) in [5.74, 6) is -0.774. The molecule has 0 aliphatic rings. The van der Waals surface area contributed by atoms with Gasteiger partial charge in [0.1, 0.15) is 0 Å². The third-order valence-corrected chi connectivity index (χ3v) is 5.45. The fourth-order valence-corrected chi connectivity index (χ4v) is 3.55. The quantitative estimate of drug-likeness (QED) is 0.230. The Bertz CT molecular complexity index is 442. The fourth-order valence-electron chi connectivity index (χ4n) is 2.65. The van der Waals surface area contributed by atoms with Crippen LogP contribution in [0.5, 0.6) is 0 Å². The van der Waals surface area contributed by atoms with Crippen molar-refractivity contribution in [2.45, 2.75) is 95.6 Å². The summed E-state index contributed by atoms with van der Waals surface area (Å²) in [5.41, 5.74) is 0. The van der Waals surface area contributed by atoms with Gasteiger partial charge in [0.2, 0.25) is 0 Å². The van der Waals surface area contributed by atoms with Crippen molar-refractivity contribution in [2.24, 2.45) is 0 Å². The first-order valence-corrected chi connectivity index (χ1v) is 10.7. The first-order valence-electron chi connectivity index (χ1n) is 9.21. The summed E-state index contributed by atoms with van der Waals surface area (Å²) >= 11 is 0. The third kappa shape index (κ3) is 14.7. The van der Waals surface area contributed by atoms with E-state index in [0.29, 0.717) is 25.7 Å². The summed E-state index contributed by atoms with van der Waals surface area (Å²) in [6.45, 7) is 2.16. The molecule has 0 aliphatic heterocycles. The minimum atomic E-state index is -3.99. The molecule has 6 heteroatoms. The first-order chi connectivity index (χ1) is 11.4. The van der Waals surface area contributed by atoms with Crippen LogP contribution in [0.3, 0.4) is 0 Å². The monoisotopic (exact) mass is 362 g/mol. The molecule has 0 amide bonds. The molecule has 1 unspecified atom stereocenters. The molecule has 0 aromatic carbocycles. The highest BCUT2D eigenvalue weighted by Crippen LogP contribution is 2.17. The molecule has 0 radical (unpaired) electrons. The molecule has 0 saturated heterocycles. The van der Waals surface area contributed by atoms with Gasteiger partial charge in [-0.3, -0.25) is 9.35 Å². The number of allylic oxidation sites excluding steroid dienone is 2. The van der Waals surface area contributed by atoms with Crippen LogP contribution in [0.25, 0.3) is 0 Å². The van der Waals surface area contributed by atoms with Gasteiger partial charge in [0.15, 0.2) is 0 Å². The molecule has 0 aromatic rings. The van der Waals surface area contributed by atoms with E-state index in [1.165, 1.54) is 12.8 Å². The molecule has 1 atom stereocenters. The Balaban J connectivity index is 3.89. The molecular weight excluding hydrogens is 328 g/mol. The van der Waals surface area contributed by atoms with Gasteiger partial charge in [-0.2, -0.15) is 8.42 Å². The van der Waals surface area contributed by atoms with Crippen molar-refractivity contribution in [3.8, 4) is 0 Å². The van der Waals surface area contributed by atoms with Crippen molar-refractivity contribution in [3.05, 3.63) is 12.2 Å². The van der Waals surface area contributed by atoms with Crippen LogP contribution < -0.4 is 0 Å². The highest BCUT2D eigenvalue weighted by atomic mass is 32.2. The average Bonchev–Trinajstić information content (AvgIpc) is 2.49. The second-order valence-electron chi connectivity index (χ2n) is 6.38. The van der Waals surface area contributed by atoms with Crippen LogP contribution in [0.4, 0.5) is 0 Å². The van der Waals surface area contributed by atoms with E-state index in [9.17, 15) is 17.8 Å². The molecule has 0 aromatic heterocycles. The number of aliphatic carboxylic acids is 1. The Kier molecular flexibility index (Phi) is 13.9. The molecule has 2 N–H and O–H groups in total. The van der Waals surface area contributed by atoms with Gasteiger partial charge in [-0.05, 0) is 38.5 Å². The molecule has 0 bridgehead atoms. The van der Waals surface area contributed by atoms with Crippen molar-refractivity contribution in [2.75, 3.05) is 0 Å². The highest BCUT2D eigenvalue weighted by molar-refractivity contribution is 7.86. The fraction of sp³-hybridized carbons (Fsp3) is 0.833. The van der Waals surface area contributed by atoms with Crippen LogP contribution in [-0.2, 0) is 14.9 Å². The summed E-state index contributed by atoms with van der Waals surface area (Å²) in [5, 5.41) is 7.86. The van der Waals surface area contributed by atoms with Crippen LogP contribution in [0, 0.1) is 0 Å². The maximum absolute atomic E-state index is 11.4. The number of hydrogen-bond acceptors (Lipinski definition) is 3. The topological polar surface area (TPSA) is 91.7 Å². The van der Waals surface area contributed by atoms with Crippen LogP contribution >= 0.6 is 0 Å². The van der Waals surface area contributed by atoms with E-state index in [2.05, 4.69) is 13.0 Å². The lowest BCUT2D eigenvalue weighted by atomic mass is 10.1.